The predicted molar refractivity (Wildman–Crippen MR) is 74.7 cm³/mol. The Morgan fingerprint density at radius 2 is 2.11 bits per heavy atom. The van der Waals surface area contributed by atoms with Gasteiger partial charge in [0.2, 0.25) is 0 Å². The van der Waals surface area contributed by atoms with E-state index in [1.807, 2.05) is 36.7 Å². The summed E-state index contributed by atoms with van der Waals surface area (Å²) in [7, 11) is 1.66. The number of methoxy groups -OCH3 is 1. The van der Waals surface area contributed by atoms with Gasteiger partial charge in [-0.25, -0.2) is 4.98 Å². The van der Waals surface area contributed by atoms with Crippen LogP contribution in [0.2, 0.25) is 0 Å². The minimum atomic E-state index is 0.0404. The van der Waals surface area contributed by atoms with Crippen LogP contribution >= 0.6 is 0 Å². The molecule has 2 aromatic rings. The van der Waals surface area contributed by atoms with Gasteiger partial charge in [-0.3, -0.25) is 11.3 Å². The average Bonchev–Trinajstić information content (AvgIpc) is 2.92. The lowest BCUT2D eigenvalue weighted by atomic mass is 10.0. The third-order valence-electron chi connectivity index (χ3n) is 3.25. The topological polar surface area (TPSA) is 65.1 Å². The van der Waals surface area contributed by atoms with Crippen molar-refractivity contribution in [2.45, 2.75) is 25.9 Å². The smallest absolute Gasteiger partial charge is 0.118 e. The molecule has 1 atom stereocenters. The molecule has 1 aromatic carbocycles. The van der Waals surface area contributed by atoms with Crippen molar-refractivity contribution >= 4 is 0 Å². The molecule has 1 unspecified atom stereocenters. The van der Waals surface area contributed by atoms with Crippen LogP contribution in [0.25, 0.3) is 0 Å². The zero-order chi connectivity index (χ0) is 13.7. The zero-order valence-corrected chi connectivity index (χ0v) is 11.3. The van der Waals surface area contributed by atoms with Crippen LogP contribution in [-0.4, -0.2) is 16.7 Å². The molecule has 3 N–H and O–H groups in total. The summed E-state index contributed by atoms with van der Waals surface area (Å²) < 4.78 is 7.28. The van der Waals surface area contributed by atoms with Crippen molar-refractivity contribution < 1.29 is 4.74 Å². The molecule has 5 heteroatoms. The van der Waals surface area contributed by atoms with Crippen LogP contribution in [0.15, 0.2) is 36.7 Å². The van der Waals surface area contributed by atoms with Gasteiger partial charge in [0.05, 0.1) is 13.2 Å². The first-order valence-electron chi connectivity index (χ1n) is 6.38. The lowest BCUT2D eigenvalue weighted by Crippen LogP contribution is -2.30. The number of nitrogens with two attached hydrogens (primary N) is 1. The summed E-state index contributed by atoms with van der Waals surface area (Å²) in [5, 5.41) is 0. The van der Waals surface area contributed by atoms with Gasteiger partial charge in [0, 0.05) is 25.4 Å². The molecule has 0 aliphatic rings. The predicted octanol–water partition coefficient (Wildman–Crippen LogP) is 1.66. The normalized spacial score (nSPS) is 12.4. The van der Waals surface area contributed by atoms with E-state index >= 15 is 0 Å². The fourth-order valence-corrected chi connectivity index (χ4v) is 2.11. The minimum absolute atomic E-state index is 0.0404. The fourth-order valence-electron chi connectivity index (χ4n) is 2.11. The van der Waals surface area contributed by atoms with E-state index < -0.39 is 0 Å². The number of benzene rings is 1. The number of imidazole rings is 1. The largest absolute Gasteiger partial charge is 0.497 e. The lowest BCUT2D eigenvalue weighted by molar-refractivity contribution is 0.414. The molecule has 0 bridgehead atoms. The molecule has 0 fully saturated rings. The van der Waals surface area contributed by atoms with Gasteiger partial charge in [0.15, 0.2) is 0 Å². The second kappa shape index (κ2) is 6.36. The summed E-state index contributed by atoms with van der Waals surface area (Å²) in [6.07, 6.45) is 4.56. The highest BCUT2D eigenvalue weighted by Crippen LogP contribution is 2.20. The number of aryl methyl sites for hydroxylation is 1. The molecule has 102 valence electrons. The zero-order valence-electron chi connectivity index (χ0n) is 11.3. The van der Waals surface area contributed by atoms with Crippen LogP contribution < -0.4 is 16.0 Å². The average molecular weight is 260 g/mol. The Hall–Kier alpha value is -1.85. The summed E-state index contributed by atoms with van der Waals surface area (Å²) in [5.74, 6) is 7.54. The van der Waals surface area contributed by atoms with Crippen molar-refractivity contribution in [2.24, 2.45) is 5.84 Å². The van der Waals surface area contributed by atoms with Crippen molar-refractivity contribution in [1.29, 1.82) is 0 Å². The van der Waals surface area contributed by atoms with Gasteiger partial charge >= 0.3 is 0 Å². The Bertz CT molecular complexity index is 506. The third kappa shape index (κ3) is 3.13. The van der Waals surface area contributed by atoms with Gasteiger partial charge in [-0.1, -0.05) is 12.1 Å². The number of hydrazine groups is 1. The Labute approximate surface area is 113 Å². The van der Waals surface area contributed by atoms with Gasteiger partial charge < -0.3 is 9.30 Å². The SMILES string of the molecule is CCn1ccnc1CC(NN)c1ccc(OC)cc1. The Kier molecular flexibility index (Phi) is 4.54. The number of ether oxygens (including phenoxy) is 1. The molecule has 0 aliphatic heterocycles. The van der Waals surface area contributed by atoms with E-state index in [4.69, 9.17) is 10.6 Å². The number of rotatable bonds is 6. The highest BCUT2D eigenvalue weighted by atomic mass is 16.5. The van der Waals surface area contributed by atoms with Crippen molar-refractivity contribution in [3.63, 3.8) is 0 Å². The highest BCUT2D eigenvalue weighted by molar-refractivity contribution is 5.29. The standard InChI is InChI=1S/C14H20N4O/c1-3-18-9-8-16-14(18)10-13(17-15)11-4-6-12(19-2)7-5-11/h4-9,13,17H,3,10,15H2,1-2H3. The van der Waals surface area contributed by atoms with E-state index in [1.54, 1.807) is 7.11 Å². The highest BCUT2D eigenvalue weighted by Gasteiger charge is 2.13. The molecule has 1 heterocycles. The van der Waals surface area contributed by atoms with E-state index in [0.717, 1.165) is 30.1 Å². The van der Waals surface area contributed by atoms with E-state index in [1.165, 1.54) is 0 Å². The van der Waals surface area contributed by atoms with Gasteiger partial charge in [0.25, 0.3) is 0 Å². The molecule has 0 spiro atoms. The van der Waals surface area contributed by atoms with Crippen LogP contribution in [0.5, 0.6) is 5.75 Å². The maximum absolute atomic E-state index is 5.67. The maximum atomic E-state index is 5.67. The van der Waals surface area contributed by atoms with E-state index in [2.05, 4.69) is 21.9 Å². The molecular formula is C14H20N4O. The minimum Gasteiger partial charge on any atom is -0.497 e. The van der Waals surface area contributed by atoms with E-state index in [-0.39, 0.29) is 6.04 Å². The van der Waals surface area contributed by atoms with Crippen molar-refractivity contribution in [3.05, 3.63) is 48.0 Å². The van der Waals surface area contributed by atoms with Crippen LogP contribution in [-0.2, 0) is 13.0 Å². The van der Waals surface area contributed by atoms with Crippen LogP contribution in [0.4, 0.5) is 0 Å². The number of nitrogens with zero attached hydrogens (tertiary/aromatic N) is 2. The number of hydrogen-bond acceptors (Lipinski definition) is 4. The first kappa shape index (κ1) is 13.6. The molecule has 0 aliphatic carbocycles. The lowest BCUT2D eigenvalue weighted by Gasteiger charge is -2.17. The first-order chi connectivity index (χ1) is 9.28. The summed E-state index contributed by atoms with van der Waals surface area (Å²) in [5.41, 5.74) is 3.97. The van der Waals surface area contributed by atoms with Crippen molar-refractivity contribution in [1.82, 2.24) is 15.0 Å². The Morgan fingerprint density at radius 1 is 1.37 bits per heavy atom. The number of aromatic nitrogens is 2. The molecule has 0 radical (unpaired) electrons. The van der Waals surface area contributed by atoms with Gasteiger partial charge in [-0.2, -0.15) is 0 Å². The summed E-state index contributed by atoms with van der Waals surface area (Å²) in [6.45, 7) is 3.01. The van der Waals surface area contributed by atoms with Crippen molar-refractivity contribution in [3.8, 4) is 5.75 Å². The van der Waals surface area contributed by atoms with Crippen LogP contribution in [0.3, 0.4) is 0 Å². The number of hydrogen-bond donors (Lipinski definition) is 2. The molecule has 0 amide bonds. The third-order valence-corrected chi connectivity index (χ3v) is 3.25. The monoisotopic (exact) mass is 260 g/mol. The van der Waals surface area contributed by atoms with Gasteiger partial charge in [-0.15, -0.1) is 0 Å². The second-order valence-electron chi connectivity index (χ2n) is 4.33. The quantitative estimate of drug-likeness (QED) is 0.612. The summed E-state index contributed by atoms with van der Waals surface area (Å²) >= 11 is 0. The number of nitrogens with one attached hydrogen (secondary N) is 1. The first-order valence-corrected chi connectivity index (χ1v) is 6.38. The molecule has 1 aromatic heterocycles. The van der Waals surface area contributed by atoms with E-state index in [0.29, 0.717) is 0 Å². The molecule has 19 heavy (non-hydrogen) atoms. The molecule has 2 rings (SSSR count). The van der Waals surface area contributed by atoms with Crippen LogP contribution in [0, 0.1) is 0 Å². The van der Waals surface area contributed by atoms with Crippen molar-refractivity contribution in [2.75, 3.05) is 7.11 Å². The van der Waals surface area contributed by atoms with Gasteiger partial charge in [0.1, 0.15) is 11.6 Å². The maximum Gasteiger partial charge on any atom is 0.118 e. The van der Waals surface area contributed by atoms with Crippen LogP contribution in [0.1, 0.15) is 24.4 Å². The Balaban J connectivity index is 2.15. The summed E-state index contributed by atoms with van der Waals surface area (Å²) in [6, 6.07) is 7.95. The Morgan fingerprint density at radius 3 is 2.68 bits per heavy atom. The molecular weight excluding hydrogens is 240 g/mol. The second-order valence-corrected chi connectivity index (χ2v) is 4.33. The fraction of sp³-hybridized carbons (Fsp3) is 0.357. The van der Waals surface area contributed by atoms with Gasteiger partial charge in [-0.05, 0) is 24.6 Å². The molecule has 0 saturated carbocycles. The summed E-state index contributed by atoms with van der Waals surface area (Å²) in [4.78, 5) is 4.38. The van der Waals surface area contributed by atoms with E-state index in [9.17, 15) is 0 Å². The molecule has 5 nitrogen and oxygen atoms in total. The molecule has 0 saturated heterocycles.